The maximum Gasteiger partial charge on any atom is 0.251 e. The second-order valence-electron chi connectivity index (χ2n) is 5.19. The summed E-state index contributed by atoms with van der Waals surface area (Å²) < 4.78 is 25.6. The van der Waals surface area contributed by atoms with Crippen molar-refractivity contribution in [2.24, 2.45) is 0 Å². The van der Waals surface area contributed by atoms with Gasteiger partial charge in [0.1, 0.15) is 0 Å². The van der Waals surface area contributed by atoms with Crippen molar-refractivity contribution in [3.63, 3.8) is 0 Å². The lowest BCUT2D eigenvalue weighted by atomic mass is 10.1. The van der Waals surface area contributed by atoms with Gasteiger partial charge in [-0.05, 0) is 37.6 Å². The molecule has 0 aliphatic rings. The van der Waals surface area contributed by atoms with Crippen LogP contribution in [-0.4, -0.2) is 20.1 Å². The summed E-state index contributed by atoms with van der Waals surface area (Å²) in [6.45, 7) is 3.46. The molecule has 0 aromatic heterocycles. The van der Waals surface area contributed by atoms with Gasteiger partial charge in [-0.25, -0.2) is 8.42 Å². The van der Waals surface area contributed by atoms with E-state index < -0.39 is 10.0 Å². The van der Waals surface area contributed by atoms with Crippen molar-refractivity contribution >= 4 is 21.6 Å². The van der Waals surface area contributed by atoms with Gasteiger partial charge in [0.15, 0.2) is 0 Å². The Balaban J connectivity index is 2.11. The number of nitrogens with one attached hydrogen (secondary N) is 2. The SMILES string of the molecule is CCS(=O)(=O)Nc1cccc(C(=O)N[C@@H](C)c2ccccc2)c1. The van der Waals surface area contributed by atoms with Crippen LogP contribution >= 0.6 is 0 Å². The molecule has 0 aliphatic heterocycles. The molecule has 2 aromatic carbocycles. The number of benzene rings is 2. The minimum atomic E-state index is -3.36. The third-order valence-electron chi connectivity index (χ3n) is 3.43. The van der Waals surface area contributed by atoms with Crippen LogP contribution in [0.2, 0.25) is 0 Å². The van der Waals surface area contributed by atoms with Gasteiger partial charge in [-0.2, -0.15) is 0 Å². The van der Waals surface area contributed by atoms with Crippen LogP contribution in [0.15, 0.2) is 54.6 Å². The molecule has 6 heteroatoms. The molecule has 0 saturated heterocycles. The van der Waals surface area contributed by atoms with Crippen molar-refractivity contribution in [1.82, 2.24) is 5.32 Å². The van der Waals surface area contributed by atoms with Gasteiger partial charge >= 0.3 is 0 Å². The molecular weight excluding hydrogens is 312 g/mol. The molecule has 0 saturated carbocycles. The summed E-state index contributed by atoms with van der Waals surface area (Å²) in [6, 6.07) is 15.9. The topological polar surface area (TPSA) is 75.3 Å². The van der Waals surface area contributed by atoms with Crippen LogP contribution in [0.5, 0.6) is 0 Å². The number of hydrogen-bond acceptors (Lipinski definition) is 3. The number of hydrogen-bond donors (Lipinski definition) is 2. The van der Waals surface area contributed by atoms with Crippen LogP contribution in [-0.2, 0) is 10.0 Å². The lowest BCUT2D eigenvalue weighted by Gasteiger charge is -2.15. The summed E-state index contributed by atoms with van der Waals surface area (Å²) in [5.41, 5.74) is 1.79. The van der Waals surface area contributed by atoms with Crippen molar-refractivity contribution in [2.45, 2.75) is 19.9 Å². The predicted octanol–water partition coefficient (Wildman–Crippen LogP) is 2.94. The number of rotatable bonds is 6. The molecule has 0 aliphatic carbocycles. The van der Waals surface area contributed by atoms with E-state index in [2.05, 4.69) is 10.0 Å². The van der Waals surface area contributed by atoms with Crippen molar-refractivity contribution in [1.29, 1.82) is 0 Å². The average Bonchev–Trinajstić information content (AvgIpc) is 2.55. The fourth-order valence-corrected chi connectivity index (χ4v) is 2.71. The standard InChI is InChI=1S/C17H20N2O3S/c1-3-23(21,22)19-16-11-7-10-15(12-16)17(20)18-13(2)14-8-5-4-6-9-14/h4-13,19H,3H2,1-2H3,(H,18,20)/t13-/m0/s1. The molecule has 1 atom stereocenters. The van der Waals surface area contributed by atoms with Crippen LogP contribution < -0.4 is 10.0 Å². The smallest absolute Gasteiger partial charge is 0.251 e. The van der Waals surface area contributed by atoms with Crippen molar-refractivity contribution < 1.29 is 13.2 Å². The van der Waals surface area contributed by atoms with Crippen molar-refractivity contribution in [2.75, 3.05) is 10.5 Å². The highest BCUT2D eigenvalue weighted by atomic mass is 32.2. The fraction of sp³-hybridized carbons (Fsp3) is 0.235. The first-order valence-electron chi connectivity index (χ1n) is 7.37. The number of anilines is 1. The molecule has 0 heterocycles. The van der Waals surface area contributed by atoms with E-state index in [1.165, 1.54) is 6.07 Å². The maximum absolute atomic E-state index is 12.3. The maximum atomic E-state index is 12.3. The lowest BCUT2D eigenvalue weighted by molar-refractivity contribution is 0.0940. The summed E-state index contributed by atoms with van der Waals surface area (Å²) in [6.07, 6.45) is 0. The molecule has 2 rings (SSSR count). The van der Waals surface area contributed by atoms with E-state index in [0.717, 1.165) is 5.56 Å². The van der Waals surface area contributed by atoms with Gasteiger partial charge < -0.3 is 5.32 Å². The van der Waals surface area contributed by atoms with Crippen LogP contribution in [0.1, 0.15) is 35.8 Å². The first kappa shape index (κ1) is 17.0. The van der Waals surface area contributed by atoms with E-state index in [1.807, 2.05) is 37.3 Å². The van der Waals surface area contributed by atoms with Crippen LogP contribution in [0.4, 0.5) is 5.69 Å². The van der Waals surface area contributed by atoms with Gasteiger partial charge in [0.25, 0.3) is 5.91 Å². The number of amides is 1. The predicted molar refractivity (Wildman–Crippen MR) is 91.8 cm³/mol. The Kier molecular flexibility index (Phi) is 5.39. The zero-order chi connectivity index (χ0) is 16.9. The van der Waals surface area contributed by atoms with Crippen LogP contribution in [0.3, 0.4) is 0 Å². The minimum absolute atomic E-state index is 0.0194. The Morgan fingerprint density at radius 1 is 1.09 bits per heavy atom. The summed E-state index contributed by atoms with van der Waals surface area (Å²) in [5.74, 6) is -0.270. The highest BCUT2D eigenvalue weighted by Gasteiger charge is 2.13. The molecule has 0 spiro atoms. The number of carbonyl (C=O) groups excluding carboxylic acids is 1. The van der Waals surface area contributed by atoms with E-state index in [0.29, 0.717) is 11.3 Å². The Labute approximate surface area is 136 Å². The molecule has 0 unspecified atom stereocenters. The second kappa shape index (κ2) is 7.28. The van der Waals surface area contributed by atoms with E-state index in [4.69, 9.17) is 0 Å². The first-order valence-corrected chi connectivity index (χ1v) is 9.03. The molecule has 2 aromatic rings. The van der Waals surface area contributed by atoms with E-state index in [9.17, 15) is 13.2 Å². The van der Waals surface area contributed by atoms with Gasteiger partial charge in [-0.1, -0.05) is 36.4 Å². The van der Waals surface area contributed by atoms with Gasteiger partial charge in [-0.15, -0.1) is 0 Å². The molecule has 0 fully saturated rings. The third kappa shape index (κ3) is 4.82. The van der Waals surface area contributed by atoms with Crippen molar-refractivity contribution in [3.8, 4) is 0 Å². The zero-order valence-electron chi connectivity index (χ0n) is 13.1. The molecule has 0 bridgehead atoms. The highest BCUT2D eigenvalue weighted by Crippen LogP contribution is 2.15. The minimum Gasteiger partial charge on any atom is -0.346 e. The Morgan fingerprint density at radius 2 is 1.78 bits per heavy atom. The molecular formula is C17H20N2O3S. The average molecular weight is 332 g/mol. The normalized spacial score (nSPS) is 12.4. The molecule has 2 N–H and O–H groups in total. The van der Waals surface area contributed by atoms with E-state index >= 15 is 0 Å². The van der Waals surface area contributed by atoms with Gasteiger partial charge in [0.05, 0.1) is 11.8 Å². The first-order chi connectivity index (χ1) is 10.9. The van der Waals surface area contributed by atoms with E-state index in [-0.39, 0.29) is 17.7 Å². The van der Waals surface area contributed by atoms with E-state index in [1.54, 1.807) is 25.1 Å². The van der Waals surface area contributed by atoms with Gasteiger partial charge in [0, 0.05) is 11.3 Å². The summed E-state index contributed by atoms with van der Waals surface area (Å²) in [7, 11) is -3.36. The molecule has 0 radical (unpaired) electrons. The fourth-order valence-electron chi connectivity index (χ4n) is 2.08. The Bertz CT molecular complexity index is 773. The number of sulfonamides is 1. The quantitative estimate of drug-likeness (QED) is 0.854. The molecule has 1 amide bonds. The molecule has 122 valence electrons. The summed E-state index contributed by atoms with van der Waals surface area (Å²) in [4.78, 5) is 12.3. The van der Waals surface area contributed by atoms with Crippen LogP contribution in [0, 0.1) is 0 Å². The Morgan fingerprint density at radius 3 is 2.43 bits per heavy atom. The van der Waals surface area contributed by atoms with Gasteiger partial charge in [-0.3, -0.25) is 9.52 Å². The lowest BCUT2D eigenvalue weighted by Crippen LogP contribution is -2.26. The largest absolute Gasteiger partial charge is 0.346 e. The molecule has 5 nitrogen and oxygen atoms in total. The zero-order valence-corrected chi connectivity index (χ0v) is 13.9. The number of carbonyl (C=O) groups is 1. The van der Waals surface area contributed by atoms with Gasteiger partial charge in [0.2, 0.25) is 10.0 Å². The Hall–Kier alpha value is -2.34. The monoisotopic (exact) mass is 332 g/mol. The summed E-state index contributed by atoms with van der Waals surface area (Å²) >= 11 is 0. The highest BCUT2D eigenvalue weighted by molar-refractivity contribution is 7.92. The third-order valence-corrected chi connectivity index (χ3v) is 4.73. The second-order valence-corrected chi connectivity index (χ2v) is 7.20. The van der Waals surface area contributed by atoms with Crippen molar-refractivity contribution in [3.05, 3.63) is 65.7 Å². The van der Waals surface area contributed by atoms with Crippen LogP contribution in [0.25, 0.3) is 0 Å². The summed E-state index contributed by atoms with van der Waals surface area (Å²) in [5, 5.41) is 2.90. The molecule has 23 heavy (non-hydrogen) atoms.